The highest BCUT2D eigenvalue weighted by atomic mass is 16.2. The van der Waals surface area contributed by atoms with E-state index in [4.69, 9.17) is 0 Å². The zero-order valence-corrected chi connectivity index (χ0v) is 12.9. The van der Waals surface area contributed by atoms with E-state index in [2.05, 4.69) is 27.4 Å². The van der Waals surface area contributed by atoms with Crippen LogP contribution in [-0.4, -0.2) is 74.1 Å². The van der Waals surface area contributed by atoms with Crippen molar-refractivity contribution >= 4 is 5.91 Å². The fourth-order valence-corrected chi connectivity index (χ4v) is 3.04. The maximum absolute atomic E-state index is 11.9. The maximum Gasteiger partial charge on any atom is 0.237 e. The first-order chi connectivity index (χ1) is 9.79. The fourth-order valence-electron chi connectivity index (χ4n) is 3.04. The van der Waals surface area contributed by atoms with E-state index in [0.29, 0.717) is 0 Å². The molecule has 0 aliphatic carbocycles. The van der Waals surface area contributed by atoms with Crippen LogP contribution in [-0.2, 0) is 4.79 Å². The molecule has 1 amide bonds. The predicted octanol–water partition coefficient (Wildman–Crippen LogP) is 0.272. The van der Waals surface area contributed by atoms with E-state index in [-0.39, 0.29) is 11.9 Å². The van der Waals surface area contributed by atoms with E-state index in [1.54, 1.807) is 0 Å². The molecule has 1 atom stereocenters. The minimum absolute atomic E-state index is 0.0526. The molecule has 2 fully saturated rings. The van der Waals surface area contributed by atoms with Crippen molar-refractivity contribution in [3.63, 3.8) is 0 Å². The van der Waals surface area contributed by atoms with Crippen molar-refractivity contribution in [3.8, 4) is 0 Å². The fraction of sp³-hybridized carbons (Fsp3) is 0.933. The minimum Gasteiger partial charge on any atom is -0.355 e. The molecular formula is C15H30N4O. The molecule has 0 aromatic heterocycles. The van der Waals surface area contributed by atoms with Crippen LogP contribution in [0.4, 0.5) is 0 Å². The molecule has 20 heavy (non-hydrogen) atoms. The van der Waals surface area contributed by atoms with Crippen LogP contribution in [0.25, 0.3) is 0 Å². The van der Waals surface area contributed by atoms with Gasteiger partial charge in [0.1, 0.15) is 0 Å². The Morgan fingerprint density at radius 2 is 1.95 bits per heavy atom. The Kier molecular flexibility index (Phi) is 6.76. The van der Waals surface area contributed by atoms with Crippen LogP contribution in [0.1, 0.15) is 32.6 Å². The summed E-state index contributed by atoms with van der Waals surface area (Å²) in [6.07, 6.45) is 4.43. The van der Waals surface area contributed by atoms with Gasteiger partial charge in [0, 0.05) is 32.7 Å². The Hall–Kier alpha value is -0.650. The Labute approximate surface area is 123 Å². The van der Waals surface area contributed by atoms with Gasteiger partial charge in [-0.05, 0) is 38.9 Å². The van der Waals surface area contributed by atoms with E-state index in [1.165, 1.54) is 39.0 Å². The minimum atomic E-state index is 0.0526. The van der Waals surface area contributed by atoms with Crippen LogP contribution < -0.4 is 10.6 Å². The van der Waals surface area contributed by atoms with Gasteiger partial charge in [0.2, 0.25) is 5.91 Å². The molecule has 2 N–H and O–H groups in total. The number of hydrogen-bond acceptors (Lipinski definition) is 4. The van der Waals surface area contributed by atoms with Gasteiger partial charge in [-0.15, -0.1) is 0 Å². The second-order valence-electron chi connectivity index (χ2n) is 5.92. The highest BCUT2D eigenvalue weighted by molar-refractivity contribution is 5.81. The van der Waals surface area contributed by atoms with Gasteiger partial charge >= 0.3 is 0 Å². The van der Waals surface area contributed by atoms with Crippen LogP contribution in [0.3, 0.4) is 0 Å². The molecule has 0 aromatic rings. The van der Waals surface area contributed by atoms with Crippen LogP contribution in [0.15, 0.2) is 0 Å². The third-order valence-electron chi connectivity index (χ3n) is 4.49. The summed E-state index contributed by atoms with van der Waals surface area (Å²) >= 11 is 0. The van der Waals surface area contributed by atoms with E-state index in [1.807, 2.05) is 0 Å². The molecule has 0 unspecified atom stereocenters. The maximum atomic E-state index is 11.9. The Morgan fingerprint density at radius 3 is 2.60 bits per heavy atom. The van der Waals surface area contributed by atoms with Crippen LogP contribution in [0.5, 0.6) is 0 Å². The first-order valence-electron chi connectivity index (χ1n) is 8.25. The van der Waals surface area contributed by atoms with Crippen molar-refractivity contribution in [2.75, 3.05) is 52.4 Å². The van der Waals surface area contributed by atoms with Gasteiger partial charge in [-0.2, -0.15) is 0 Å². The molecule has 2 heterocycles. The van der Waals surface area contributed by atoms with Crippen molar-refractivity contribution in [1.82, 2.24) is 20.4 Å². The highest BCUT2D eigenvalue weighted by Crippen LogP contribution is 2.06. The van der Waals surface area contributed by atoms with Gasteiger partial charge in [0.25, 0.3) is 0 Å². The average Bonchev–Trinajstić information content (AvgIpc) is 2.53. The summed E-state index contributed by atoms with van der Waals surface area (Å²) in [6, 6.07) is 0.0526. The quantitative estimate of drug-likeness (QED) is 0.687. The number of rotatable bonds is 6. The number of nitrogens with one attached hydrogen (secondary N) is 2. The number of hydrogen-bond donors (Lipinski definition) is 2. The predicted molar refractivity (Wildman–Crippen MR) is 81.8 cm³/mol. The third kappa shape index (κ3) is 5.04. The largest absolute Gasteiger partial charge is 0.355 e. The lowest BCUT2D eigenvalue weighted by atomic mass is 10.0. The number of likely N-dealkylation sites (N-methyl/N-ethyl adjacent to an activating group) is 1. The molecule has 0 saturated carbocycles. The number of amides is 1. The van der Waals surface area contributed by atoms with Crippen molar-refractivity contribution < 1.29 is 4.79 Å². The molecule has 2 rings (SSSR count). The molecule has 0 spiro atoms. The molecule has 2 saturated heterocycles. The molecule has 2 aliphatic rings. The van der Waals surface area contributed by atoms with Crippen LogP contribution in [0.2, 0.25) is 0 Å². The smallest absolute Gasteiger partial charge is 0.237 e. The molecule has 116 valence electrons. The molecule has 0 radical (unpaired) electrons. The summed E-state index contributed by atoms with van der Waals surface area (Å²) in [7, 11) is 0. The van der Waals surface area contributed by atoms with E-state index < -0.39 is 0 Å². The summed E-state index contributed by atoms with van der Waals surface area (Å²) in [5.41, 5.74) is 0. The zero-order chi connectivity index (χ0) is 14.2. The Morgan fingerprint density at radius 1 is 1.20 bits per heavy atom. The second-order valence-corrected chi connectivity index (χ2v) is 5.92. The number of nitrogens with zero attached hydrogens (tertiary/aromatic N) is 2. The van der Waals surface area contributed by atoms with Gasteiger partial charge in [-0.1, -0.05) is 13.3 Å². The second kappa shape index (κ2) is 8.60. The number of piperazine rings is 1. The van der Waals surface area contributed by atoms with Crippen LogP contribution in [0, 0.1) is 0 Å². The number of carbonyl (C=O) groups is 1. The number of piperidine rings is 1. The average molecular weight is 282 g/mol. The molecule has 2 aliphatic heterocycles. The summed E-state index contributed by atoms with van der Waals surface area (Å²) in [4.78, 5) is 16.9. The van der Waals surface area contributed by atoms with Crippen molar-refractivity contribution in [1.29, 1.82) is 0 Å². The SMILES string of the molecule is CCN1CCN(CCCNC(=O)[C@H]2CCCCN2)CC1. The first kappa shape index (κ1) is 15.7. The van der Waals surface area contributed by atoms with Gasteiger partial charge in [0.05, 0.1) is 6.04 Å². The lowest BCUT2D eigenvalue weighted by molar-refractivity contribution is -0.123. The lowest BCUT2D eigenvalue weighted by Crippen LogP contribution is -2.48. The van der Waals surface area contributed by atoms with Gasteiger partial charge in [-0.3, -0.25) is 4.79 Å². The normalized spacial score (nSPS) is 25.6. The summed E-state index contributed by atoms with van der Waals surface area (Å²) in [5, 5.41) is 6.37. The van der Waals surface area contributed by atoms with Crippen LogP contribution >= 0.6 is 0 Å². The first-order valence-corrected chi connectivity index (χ1v) is 8.25. The monoisotopic (exact) mass is 282 g/mol. The number of carbonyl (C=O) groups excluding carboxylic acids is 1. The van der Waals surface area contributed by atoms with E-state index in [0.717, 1.165) is 39.0 Å². The van der Waals surface area contributed by atoms with Gasteiger partial charge in [0.15, 0.2) is 0 Å². The third-order valence-corrected chi connectivity index (χ3v) is 4.49. The highest BCUT2D eigenvalue weighted by Gasteiger charge is 2.20. The van der Waals surface area contributed by atoms with Crippen molar-refractivity contribution in [2.45, 2.75) is 38.6 Å². The molecular weight excluding hydrogens is 252 g/mol. The molecule has 0 bridgehead atoms. The zero-order valence-electron chi connectivity index (χ0n) is 12.9. The summed E-state index contributed by atoms with van der Waals surface area (Å²) in [6.45, 7) is 11.0. The Balaban J connectivity index is 1.52. The van der Waals surface area contributed by atoms with E-state index in [9.17, 15) is 4.79 Å². The van der Waals surface area contributed by atoms with Gasteiger partial charge in [-0.25, -0.2) is 0 Å². The van der Waals surface area contributed by atoms with E-state index >= 15 is 0 Å². The topological polar surface area (TPSA) is 47.6 Å². The summed E-state index contributed by atoms with van der Waals surface area (Å²) in [5.74, 6) is 0.195. The van der Waals surface area contributed by atoms with Crippen molar-refractivity contribution in [3.05, 3.63) is 0 Å². The molecule has 5 nitrogen and oxygen atoms in total. The lowest BCUT2D eigenvalue weighted by Gasteiger charge is -2.34. The molecule has 0 aromatic carbocycles. The molecule has 5 heteroatoms. The summed E-state index contributed by atoms with van der Waals surface area (Å²) < 4.78 is 0. The van der Waals surface area contributed by atoms with Gasteiger partial charge < -0.3 is 20.4 Å². The standard InChI is InChI=1S/C15H30N4O/c1-2-18-10-12-19(13-11-18)9-5-8-17-15(20)14-6-3-4-7-16-14/h14,16H,2-13H2,1H3,(H,17,20)/t14-/m1/s1. The van der Waals surface area contributed by atoms with Crippen molar-refractivity contribution in [2.24, 2.45) is 0 Å². The Bertz CT molecular complexity index is 284.